The topological polar surface area (TPSA) is 92.8 Å². The lowest BCUT2D eigenvalue weighted by Crippen LogP contribution is -2.40. The Bertz CT molecular complexity index is 1010. The summed E-state index contributed by atoms with van der Waals surface area (Å²) in [5.41, 5.74) is 1.18. The Kier molecular flexibility index (Phi) is 6.84. The Morgan fingerprint density at radius 2 is 1.83 bits per heavy atom. The number of rotatable bonds is 7. The van der Waals surface area contributed by atoms with Crippen LogP contribution in [0.25, 0.3) is 0 Å². The highest BCUT2D eigenvalue weighted by molar-refractivity contribution is 7.89. The molecule has 1 aliphatic heterocycles. The van der Waals surface area contributed by atoms with Crippen molar-refractivity contribution in [2.45, 2.75) is 31.6 Å². The number of ether oxygens (including phenoxy) is 1. The monoisotopic (exact) mass is 436 g/mol. The Morgan fingerprint density at radius 3 is 2.48 bits per heavy atom. The summed E-state index contributed by atoms with van der Waals surface area (Å²) in [7, 11) is -3.65. The molecule has 1 fully saturated rings. The molecule has 1 aromatic heterocycles. The molecular weight excluding hydrogens is 412 g/mol. The normalized spacial score (nSPS) is 15.2. The first-order valence-electron chi connectivity index (χ1n) is 9.35. The molecule has 7 nitrogen and oxygen atoms in total. The van der Waals surface area contributed by atoms with E-state index in [1.165, 1.54) is 21.7 Å². The van der Waals surface area contributed by atoms with Crippen LogP contribution in [0.3, 0.4) is 0 Å². The minimum Gasteiger partial charge on any atom is -0.379 e. The first-order chi connectivity index (χ1) is 13.8. The van der Waals surface area contributed by atoms with Crippen LogP contribution >= 0.6 is 11.3 Å². The summed E-state index contributed by atoms with van der Waals surface area (Å²) in [5.74, 6) is -0.394. The molecule has 0 aliphatic carbocycles. The second-order valence-electron chi connectivity index (χ2n) is 6.87. The van der Waals surface area contributed by atoms with Gasteiger partial charge in [-0.25, -0.2) is 8.42 Å². The molecule has 0 spiro atoms. The maximum Gasteiger partial charge on any atom is 0.243 e. The van der Waals surface area contributed by atoms with Crippen LogP contribution in [0.4, 0.5) is 5.69 Å². The molecule has 29 heavy (non-hydrogen) atoms. The molecule has 2 heterocycles. The fourth-order valence-corrected chi connectivity index (χ4v) is 5.25. The van der Waals surface area contributed by atoms with E-state index in [0.29, 0.717) is 36.9 Å². The minimum absolute atomic E-state index is 0.0374. The fraction of sp³-hybridized carbons (Fsp3) is 0.400. The number of morpholine rings is 1. The van der Waals surface area contributed by atoms with E-state index >= 15 is 0 Å². The average molecular weight is 437 g/mol. The predicted octanol–water partition coefficient (Wildman–Crippen LogP) is 2.99. The van der Waals surface area contributed by atoms with E-state index in [1.807, 2.05) is 13.0 Å². The third-order valence-electron chi connectivity index (χ3n) is 4.69. The number of carbonyl (C=O) groups excluding carboxylic acids is 2. The first-order valence-corrected chi connectivity index (χ1v) is 11.6. The highest BCUT2D eigenvalue weighted by Gasteiger charge is 2.27. The molecule has 1 saturated heterocycles. The number of sulfonamides is 1. The fourth-order valence-electron chi connectivity index (χ4n) is 2.98. The number of thiophene rings is 1. The largest absolute Gasteiger partial charge is 0.379 e. The van der Waals surface area contributed by atoms with Crippen LogP contribution in [0.15, 0.2) is 35.2 Å². The molecule has 0 unspecified atom stereocenters. The van der Waals surface area contributed by atoms with Gasteiger partial charge in [-0.05, 0) is 43.7 Å². The van der Waals surface area contributed by atoms with E-state index in [2.05, 4.69) is 5.32 Å². The second-order valence-corrected chi connectivity index (χ2v) is 10.1. The molecule has 1 N–H and O–H groups in total. The smallest absolute Gasteiger partial charge is 0.243 e. The second kappa shape index (κ2) is 9.17. The Labute approximate surface area is 174 Å². The number of ketones is 1. The van der Waals surface area contributed by atoms with Gasteiger partial charge in [0.25, 0.3) is 0 Å². The van der Waals surface area contributed by atoms with Crippen molar-refractivity contribution in [3.05, 3.63) is 45.6 Å². The number of aryl methyl sites for hydroxylation is 2. The first kappa shape index (κ1) is 21.6. The van der Waals surface area contributed by atoms with E-state index in [1.54, 1.807) is 25.1 Å². The zero-order valence-corrected chi connectivity index (χ0v) is 18.1. The van der Waals surface area contributed by atoms with Gasteiger partial charge in [0.15, 0.2) is 5.78 Å². The van der Waals surface area contributed by atoms with Crippen molar-refractivity contribution in [2.75, 3.05) is 31.6 Å². The molecule has 1 aromatic carbocycles. The number of carbonyl (C=O) groups is 2. The molecule has 0 bridgehead atoms. The molecule has 156 valence electrons. The van der Waals surface area contributed by atoms with Crippen LogP contribution in [0.2, 0.25) is 0 Å². The zero-order valence-electron chi connectivity index (χ0n) is 16.4. The summed E-state index contributed by atoms with van der Waals surface area (Å²) >= 11 is 1.41. The molecule has 3 rings (SSSR count). The van der Waals surface area contributed by atoms with Crippen molar-refractivity contribution >= 4 is 38.7 Å². The number of amides is 1. The highest BCUT2D eigenvalue weighted by atomic mass is 32.2. The van der Waals surface area contributed by atoms with E-state index in [0.717, 1.165) is 10.4 Å². The highest BCUT2D eigenvalue weighted by Crippen LogP contribution is 2.24. The Morgan fingerprint density at radius 1 is 1.10 bits per heavy atom. The number of hydrogen-bond acceptors (Lipinski definition) is 6. The summed E-state index contributed by atoms with van der Waals surface area (Å²) in [6.07, 6.45) is 0.145. The molecule has 0 radical (unpaired) electrons. The molecule has 1 amide bonds. The molecular formula is C20H24N2O5S2. The van der Waals surface area contributed by atoms with Gasteiger partial charge in [-0.1, -0.05) is 6.07 Å². The number of nitrogens with zero attached hydrogens (tertiary/aromatic N) is 1. The van der Waals surface area contributed by atoms with Crippen molar-refractivity contribution in [1.82, 2.24) is 4.31 Å². The number of hydrogen-bond donors (Lipinski definition) is 1. The van der Waals surface area contributed by atoms with Crippen LogP contribution in [-0.2, 0) is 19.6 Å². The lowest BCUT2D eigenvalue weighted by atomic mass is 10.1. The number of Topliss-reactive ketones (excluding diaryl/α,β-unsaturated/α-hetero) is 1. The number of benzene rings is 1. The van der Waals surface area contributed by atoms with Crippen LogP contribution < -0.4 is 5.32 Å². The summed E-state index contributed by atoms with van der Waals surface area (Å²) in [4.78, 5) is 26.3. The van der Waals surface area contributed by atoms with Crippen molar-refractivity contribution < 1.29 is 22.7 Å². The maximum atomic E-state index is 12.8. The van der Waals surface area contributed by atoms with Crippen molar-refractivity contribution in [1.29, 1.82) is 0 Å². The molecule has 9 heteroatoms. The van der Waals surface area contributed by atoms with E-state index in [4.69, 9.17) is 4.74 Å². The van der Waals surface area contributed by atoms with Gasteiger partial charge in [-0.2, -0.15) is 4.31 Å². The van der Waals surface area contributed by atoms with Gasteiger partial charge in [0.1, 0.15) is 0 Å². The van der Waals surface area contributed by atoms with E-state index in [9.17, 15) is 18.0 Å². The van der Waals surface area contributed by atoms with Crippen molar-refractivity contribution in [3.63, 3.8) is 0 Å². The molecule has 1 aliphatic rings. The summed E-state index contributed by atoms with van der Waals surface area (Å²) in [6.45, 7) is 5.07. The van der Waals surface area contributed by atoms with Crippen LogP contribution in [0.5, 0.6) is 0 Å². The molecule has 0 atom stereocenters. The maximum absolute atomic E-state index is 12.8. The van der Waals surface area contributed by atoms with Gasteiger partial charge in [0, 0.05) is 36.5 Å². The minimum atomic E-state index is -3.65. The average Bonchev–Trinajstić information content (AvgIpc) is 3.15. The van der Waals surface area contributed by atoms with Crippen molar-refractivity contribution in [3.8, 4) is 0 Å². The SMILES string of the molecule is Cc1ccc(C(=O)CCC(=O)Nc2cc(S(=O)(=O)N3CCOCC3)ccc2C)s1. The lowest BCUT2D eigenvalue weighted by molar-refractivity contribution is -0.116. The van der Waals surface area contributed by atoms with Crippen molar-refractivity contribution in [2.24, 2.45) is 0 Å². The van der Waals surface area contributed by atoms with E-state index in [-0.39, 0.29) is 29.4 Å². The Balaban J connectivity index is 1.66. The van der Waals surface area contributed by atoms with Gasteiger partial charge in [0.05, 0.1) is 23.0 Å². The van der Waals surface area contributed by atoms with Gasteiger partial charge < -0.3 is 10.1 Å². The number of nitrogens with one attached hydrogen (secondary N) is 1. The quantitative estimate of drug-likeness (QED) is 0.674. The van der Waals surface area contributed by atoms with Gasteiger partial charge >= 0.3 is 0 Å². The molecule has 0 saturated carbocycles. The van der Waals surface area contributed by atoms with E-state index < -0.39 is 10.0 Å². The molecule has 2 aromatic rings. The van der Waals surface area contributed by atoms with Gasteiger partial charge in [0.2, 0.25) is 15.9 Å². The summed E-state index contributed by atoms with van der Waals surface area (Å²) < 4.78 is 32.2. The van der Waals surface area contributed by atoms with Crippen LogP contribution in [0.1, 0.15) is 33.0 Å². The summed E-state index contributed by atoms with van der Waals surface area (Å²) in [6, 6.07) is 8.33. The van der Waals surface area contributed by atoms with Crippen LogP contribution in [-0.4, -0.2) is 50.7 Å². The third-order valence-corrected chi connectivity index (χ3v) is 7.62. The van der Waals surface area contributed by atoms with Gasteiger partial charge in [-0.3, -0.25) is 9.59 Å². The summed E-state index contributed by atoms with van der Waals surface area (Å²) in [5, 5.41) is 2.74. The number of anilines is 1. The predicted molar refractivity (Wildman–Crippen MR) is 112 cm³/mol. The third kappa shape index (κ3) is 5.30. The Hall–Kier alpha value is -2.07. The van der Waals surface area contributed by atoms with Gasteiger partial charge in [-0.15, -0.1) is 11.3 Å². The van der Waals surface area contributed by atoms with Crippen LogP contribution in [0, 0.1) is 13.8 Å². The standard InChI is InChI=1S/C20H24N2O5S2/c1-14-3-5-16(29(25,26)22-9-11-27-12-10-22)13-17(14)21-20(24)8-6-18(23)19-7-4-15(2)28-19/h3-5,7,13H,6,8-12H2,1-2H3,(H,21,24). The zero-order chi connectivity index (χ0) is 21.0. The lowest BCUT2D eigenvalue weighted by Gasteiger charge is -2.26.